The predicted molar refractivity (Wildman–Crippen MR) is 104 cm³/mol. The zero-order valence-electron chi connectivity index (χ0n) is 15.9. The number of halogens is 1. The van der Waals surface area contributed by atoms with Crippen molar-refractivity contribution in [2.45, 2.75) is 39.5 Å². The van der Waals surface area contributed by atoms with E-state index in [4.69, 9.17) is 4.74 Å². The second kappa shape index (κ2) is 10.2. The Bertz CT molecular complexity index is 753. The molecule has 0 bridgehead atoms. The van der Waals surface area contributed by atoms with Gasteiger partial charge in [-0.2, -0.15) is 0 Å². The van der Waals surface area contributed by atoms with Crippen molar-refractivity contribution in [3.63, 3.8) is 0 Å². The van der Waals surface area contributed by atoms with Crippen LogP contribution in [-0.2, 0) is 4.79 Å². The maximum atomic E-state index is 12.8. The highest BCUT2D eigenvalue weighted by molar-refractivity contribution is 7.09. The number of piperidine rings is 1. The summed E-state index contributed by atoms with van der Waals surface area (Å²) in [6.07, 6.45) is 1.65. The number of carbonyl (C=O) groups excluding carboxylic acids is 2. The van der Waals surface area contributed by atoms with Gasteiger partial charge < -0.3 is 9.64 Å². The van der Waals surface area contributed by atoms with Crippen LogP contribution in [0.4, 0.5) is 4.39 Å². The van der Waals surface area contributed by atoms with Crippen molar-refractivity contribution in [3.05, 3.63) is 46.2 Å². The van der Waals surface area contributed by atoms with Gasteiger partial charge in [-0.3, -0.25) is 9.59 Å². The molecule has 7 heteroatoms. The number of amides is 1. The summed E-state index contributed by atoms with van der Waals surface area (Å²) in [7, 11) is 0. The van der Waals surface area contributed by atoms with Gasteiger partial charge in [0.1, 0.15) is 17.3 Å². The molecule has 5 nitrogen and oxygen atoms in total. The Morgan fingerprint density at radius 3 is 2.41 bits per heavy atom. The Hall–Kier alpha value is -2.28. The molecule has 0 spiro atoms. The lowest BCUT2D eigenvalue weighted by Gasteiger charge is -2.31. The molecular weight excluding hydrogens is 367 g/mol. The van der Waals surface area contributed by atoms with Crippen molar-refractivity contribution >= 4 is 23.0 Å². The van der Waals surface area contributed by atoms with Crippen molar-refractivity contribution in [3.8, 4) is 5.75 Å². The van der Waals surface area contributed by atoms with Crippen molar-refractivity contribution in [1.82, 2.24) is 9.88 Å². The molecule has 1 fully saturated rings. The molecule has 0 saturated carbocycles. The largest absolute Gasteiger partial charge is 0.484 e. The van der Waals surface area contributed by atoms with Crippen LogP contribution in [0.5, 0.6) is 5.75 Å². The van der Waals surface area contributed by atoms with E-state index in [1.807, 2.05) is 13.8 Å². The summed E-state index contributed by atoms with van der Waals surface area (Å²) in [6, 6.07) is 5.61. The molecule has 0 radical (unpaired) electrons. The Morgan fingerprint density at radius 1 is 1.22 bits per heavy atom. The number of rotatable bonds is 5. The SMILES string of the molecule is CC.CC(=O)c1csc(C2CCN(C(=O)COc3ccc(F)cc3)CC2)n1. The fraction of sp³-hybridized carbons (Fsp3) is 0.450. The smallest absolute Gasteiger partial charge is 0.260 e. The second-order valence-corrected chi connectivity index (χ2v) is 6.91. The van der Waals surface area contributed by atoms with Gasteiger partial charge >= 0.3 is 0 Å². The second-order valence-electron chi connectivity index (χ2n) is 6.02. The van der Waals surface area contributed by atoms with Crippen LogP contribution in [0.15, 0.2) is 29.6 Å². The number of likely N-dealkylation sites (tertiary alicyclic amines) is 1. The molecule has 2 heterocycles. The number of Topliss-reactive ketones (excluding diaryl/α,β-unsaturated/α-hetero) is 1. The lowest BCUT2D eigenvalue weighted by Crippen LogP contribution is -2.40. The molecule has 3 rings (SSSR count). The van der Waals surface area contributed by atoms with Crippen LogP contribution in [0.1, 0.15) is 55.0 Å². The maximum Gasteiger partial charge on any atom is 0.260 e. The van der Waals surface area contributed by atoms with Crippen LogP contribution in [0, 0.1) is 5.82 Å². The summed E-state index contributed by atoms with van der Waals surface area (Å²) < 4.78 is 18.3. The normalized spacial score (nSPS) is 14.3. The number of ketones is 1. The first-order valence-electron chi connectivity index (χ1n) is 9.15. The number of nitrogens with zero attached hydrogens (tertiary/aromatic N) is 2. The number of ether oxygens (including phenoxy) is 1. The highest BCUT2D eigenvalue weighted by atomic mass is 32.1. The molecule has 1 aliphatic heterocycles. The van der Waals surface area contributed by atoms with Gasteiger partial charge in [0.05, 0.1) is 5.01 Å². The maximum absolute atomic E-state index is 12.8. The average molecular weight is 392 g/mol. The highest BCUT2D eigenvalue weighted by Gasteiger charge is 2.26. The number of aromatic nitrogens is 1. The van der Waals surface area contributed by atoms with Gasteiger partial charge in [0.15, 0.2) is 12.4 Å². The van der Waals surface area contributed by atoms with Crippen molar-refractivity contribution < 1.29 is 18.7 Å². The Kier molecular flexibility index (Phi) is 7.91. The van der Waals surface area contributed by atoms with E-state index < -0.39 is 0 Å². The summed E-state index contributed by atoms with van der Waals surface area (Å²) in [5, 5.41) is 2.77. The molecule has 27 heavy (non-hydrogen) atoms. The van der Waals surface area contributed by atoms with Crippen LogP contribution in [0.3, 0.4) is 0 Å². The van der Waals surface area contributed by atoms with E-state index in [0.717, 1.165) is 17.8 Å². The quantitative estimate of drug-likeness (QED) is 0.712. The molecule has 0 unspecified atom stereocenters. The fourth-order valence-electron chi connectivity index (χ4n) is 2.78. The van der Waals surface area contributed by atoms with E-state index in [2.05, 4.69) is 4.98 Å². The van der Waals surface area contributed by atoms with E-state index in [1.54, 1.807) is 10.3 Å². The molecule has 1 saturated heterocycles. The standard InChI is InChI=1S/C18H19FN2O3S.C2H6/c1-12(22)16-11-25-18(20-16)13-6-8-21(9-7-13)17(23)10-24-15-4-2-14(19)3-5-15;1-2/h2-5,11,13H,6-10H2,1H3;1-2H3. The van der Waals surface area contributed by atoms with E-state index in [1.165, 1.54) is 42.5 Å². The van der Waals surface area contributed by atoms with E-state index in [0.29, 0.717) is 30.5 Å². The molecule has 1 aromatic carbocycles. The van der Waals surface area contributed by atoms with E-state index in [-0.39, 0.29) is 24.1 Å². The fourth-order valence-corrected chi connectivity index (χ4v) is 3.81. The zero-order chi connectivity index (χ0) is 19.8. The number of carbonyl (C=O) groups is 2. The molecule has 2 aromatic rings. The lowest BCUT2D eigenvalue weighted by molar-refractivity contribution is -0.134. The van der Waals surface area contributed by atoms with Gasteiger partial charge in [-0.05, 0) is 37.1 Å². The Balaban J connectivity index is 0.00000126. The van der Waals surface area contributed by atoms with Crippen molar-refractivity contribution in [1.29, 1.82) is 0 Å². The molecule has 1 aliphatic rings. The van der Waals surface area contributed by atoms with Gasteiger partial charge in [-0.25, -0.2) is 9.37 Å². The summed E-state index contributed by atoms with van der Waals surface area (Å²) in [5.74, 6) is 0.333. The van der Waals surface area contributed by atoms with Gasteiger partial charge in [-0.1, -0.05) is 13.8 Å². The summed E-state index contributed by atoms with van der Waals surface area (Å²) in [5.41, 5.74) is 0.520. The molecule has 146 valence electrons. The Labute approximate surface area is 163 Å². The monoisotopic (exact) mass is 392 g/mol. The van der Waals surface area contributed by atoms with Gasteiger partial charge in [0.2, 0.25) is 0 Å². The predicted octanol–water partition coefficient (Wildman–Crippen LogP) is 4.30. The molecule has 1 aromatic heterocycles. The van der Waals surface area contributed by atoms with Gasteiger partial charge in [0.25, 0.3) is 5.91 Å². The molecule has 0 atom stereocenters. The van der Waals surface area contributed by atoms with E-state index >= 15 is 0 Å². The van der Waals surface area contributed by atoms with Gasteiger partial charge in [-0.15, -0.1) is 11.3 Å². The molecular formula is C20H25FN2O3S. The molecule has 0 N–H and O–H groups in total. The van der Waals surface area contributed by atoms with Gasteiger partial charge in [0, 0.05) is 31.3 Å². The number of benzene rings is 1. The first kappa shape index (κ1) is 21.0. The minimum absolute atomic E-state index is 0.0203. The number of hydrogen-bond acceptors (Lipinski definition) is 5. The Morgan fingerprint density at radius 2 is 1.85 bits per heavy atom. The first-order valence-corrected chi connectivity index (χ1v) is 10.0. The highest BCUT2D eigenvalue weighted by Crippen LogP contribution is 2.30. The average Bonchev–Trinajstić information content (AvgIpc) is 3.20. The van der Waals surface area contributed by atoms with Crippen LogP contribution in [0.25, 0.3) is 0 Å². The minimum Gasteiger partial charge on any atom is -0.484 e. The third kappa shape index (κ3) is 5.85. The van der Waals surface area contributed by atoms with Crippen LogP contribution < -0.4 is 4.74 Å². The third-order valence-electron chi connectivity index (χ3n) is 4.26. The van der Waals surface area contributed by atoms with Crippen LogP contribution in [0.2, 0.25) is 0 Å². The van der Waals surface area contributed by atoms with Crippen LogP contribution in [-0.4, -0.2) is 41.3 Å². The summed E-state index contributed by atoms with van der Waals surface area (Å²) >= 11 is 1.51. The topological polar surface area (TPSA) is 59.5 Å². The molecule has 0 aliphatic carbocycles. The van der Waals surface area contributed by atoms with Crippen molar-refractivity contribution in [2.75, 3.05) is 19.7 Å². The summed E-state index contributed by atoms with van der Waals surface area (Å²) in [6.45, 7) is 6.75. The number of thiazole rings is 1. The van der Waals surface area contributed by atoms with E-state index in [9.17, 15) is 14.0 Å². The lowest BCUT2D eigenvalue weighted by atomic mass is 9.97. The minimum atomic E-state index is -0.337. The zero-order valence-corrected chi connectivity index (χ0v) is 16.7. The number of hydrogen-bond donors (Lipinski definition) is 0. The third-order valence-corrected chi connectivity index (χ3v) is 5.26. The van der Waals surface area contributed by atoms with Crippen LogP contribution >= 0.6 is 11.3 Å². The summed E-state index contributed by atoms with van der Waals surface area (Å²) in [4.78, 5) is 29.8. The first-order chi connectivity index (χ1) is 13.0. The van der Waals surface area contributed by atoms with Crippen molar-refractivity contribution in [2.24, 2.45) is 0 Å². The molecule has 1 amide bonds.